The van der Waals surface area contributed by atoms with Crippen LogP contribution in [-0.2, 0) is 6.42 Å². The first kappa shape index (κ1) is 12.9. The molecule has 0 spiro atoms. The average molecular weight is 261 g/mol. The zero-order valence-electron chi connectivity index (χ0n) is 11.8. The normalized spacial score (nSPS) is 21.8. The minimum atomic E-state index is -0.130. The zero-order chi connectivity index (χ0) is 13.5. The fraction of sp³-hybridized carbons (Fsp3) is 0.625. The third kappa shape index (κ3) is 2.77. The Hall–Kier alpha value is -1.06. The van der Waals surface area contributed by atoms with Crippen molar-refractivity contribution in [3.8, 4) is 5.75 Å². The fourth-order valence-corrected chi connectivity index (χ4v) is 2.82. The molecular formula is C16H23NO2. The molecule has 1 aliphatic carbocycles. The third-order valence-corrected chi connectivity index (χ3v) is 4.03. The molecule has 1 aliphatic heterocycles. The summed E-state index contributed by atoms with van der Waals surface area (Å²) in [6, 6.07) is 6.26. The minimum Gasteiger partial charge on any atom is -0.487 e. The molecule has 0 aromatic heterocycles. The lowest BCUT2D eigenvalue weighted by molar-refractivity contribution is 0.134. The number of hydrogen-bond donors (Lipinski definition) is 2. The van der Waals surface area contributed by atoms with Crippen LogP contribution in [0.3, 0.4) is 0 Å². The number of rotatable bonds is 5. The predicted molar refractivity (Wildman–Crippen MR) is 75.4 cm³/mol. The van der Waals surface area contributed by atoms with E-state index >= 15 is 0 Å². The Morgan fingerprint density at radius 2 is 2.21 bits per heavy atom. The third-order valence-electron chi connectivity index (χ3n) is 4.03. The molecule has 0 saturated heterocycles. The first-order valence-electron chi connectivity index (χ1n) is 7.24. The quantitative estimate of drug-likeness (QED) is 0.855. The summed E-state index contributed by atoms with van der Waals surface area (Å²) in [6.45, 7) is 5.34. The van der Waals surface area contributed by atoms with Gasteiger partial charge in [0.1, 0.15) is 11.4 Å². The number of aliphatic hydroxyl groups excluding tert-OH is 1. The second kappa shape index (κ2) is 4.80. The SMILES string of the molecule is CC1(C)Cc2cccc(C(CO)NCC3CC3)c2O1. The Labute approximate surface area is 115 Å². The lowest BCUT2D eigenvalue weighted by Gasteiger charge is -2.22. The van der Waals surface area contributed by atoms with Crippen LogP contribution in [0.15, 0.2) is 18.2 Å². The second-order valence-corrected chi connectivity index (χ2v) is 6.46. The molecule has 1 unspecified atom stereocenters. The van der Waals surface area contributed by atoms with E-state index in [1.165, 1.54) is 18.4 Å². The molecule has 3 nitrogen and oxygen atoms in total. The largest absolute Gasteiger partial charge is 0.487 e. The molecule has 2 aliphatic rings. The maximum absolute atomic E-state index is 9.66. The lowest BCUT2D eigenvalue weighted by Crippen LogP contribution is -2.28. The summed E-state index contributed by atoms with van der Waals surface area (Å²) >= 11 is 0. The van der Waals surface area contributed by atoms with Crippen LogP contribution in [0.4, 0.5) is 0 Å². The van der Waals surface area contributed by atoms with Crippen LogP contribution in [0.25, 0.3) is 0 Å². The smallest absolute Gasteiger partial charge is 0.128 e. The van der Waals surface area contributed by atoms with Gasteiger partial charge in [-0.3, -0.25) is 0 Å². The predicted octanol–water partition coefficient (Wildman–Crippen LogP) is 2.43. The van der Waals surface area contributed by atoms with Crippen LogP contribution in [0.5, 0.6) is 5.75 Å². The van der Waals surface area contributed by atoms with Gasteiger partial charge in [0.15, 0.2) is 0 Å². The van der Waals surface area contributed by atoms with Crippen LogP contribution in [0, 0.1) is 5.92 Å². The van der Waals surface area contributed by atoms with Gasteiger partial charge >= 0.3 is 0 Å². The molecule has 1 aromatic rings. The zero-order valence-corrected chi connectivity index (χ0v) is 11.8. The van der Waals surface area contributed by atoms with Crippen molar-refractivity contribution in [3.05, 3.63) is 29.3 Å². The molecule has 19 heavy (non-hydrogen) atoms. The number of ether oxygens (including phenoxy) is 1. The van der Waals surface area contributed by atoms with E-state index < -0.39 is 0 Å². The van der Waals surface area contributed by atoms with E-state index in [0.29, 0.717) is 0 Å². The molecular weight excluding hydrogens is 238 g/mol. The van der Waals surface area contributed by atoms with Gasteiger partial charge in [-0.25, -0.2) is 0 Å². The number of benzene rings is 1. The van der Waals surface area contributed by atoms with E-state index in [1.54, 1.807) is 0 Å². The van der Waals surface area contributed by atoms with Crippen molar-refractivity contribution in [2.75, 3.05) is 13.2 Å². The highest BCUT2D eigenvalue weighted by Gasteiger charge is 2.33. The van der Waals surface area contributed by atoms with Crippen LogP contribution in [-0.4, -0.2) is 23.9 Å². The molecule has 1 atom stereocenters. The average Bonchev–Trinajstić information content (AvgIpc) is 3.11. The minimum absolute atomic E-state index is 0.00977. The summed E-state index contributed by atoms with van der Waals surface area (Å²) < 4.78 is 6.08. The van der Waals surface area contributed by atoms with Gasteiger partial charge in [0.05, 0.1) is 12.6 Å². The highest BCUT2D eigenvalue weighted by atomic mass is 16.5. The Balaban J connectivity index is 1.81. The summed E-state index contributed by atoms with van der Waals surface area (Å²) in [7, 11) is 0. The summed E-state index contributed by atoms with van der Waals surface area (Å²) in [5, 5.41) is 13.1. The van der Waals surface area contributed by atoms with Gasteiger partial charge in [-0.05, 0) is 44.7 Å². The van der Waals surface area contributed by atoms with E-state index in [1.807, 2.05) is 0 Å². The molecule has 0 amide bonds. The Morgan fingerprint density at radius 1 is 1.42 bits per heavy atom. The standard InChI is InChI=1S/C16H23NO2/c1-16(2)8-12-4-3-5-13(15(12)19-16)14(10-18)17-9-11-6-7-11/h3-5,11,14,17-18H,6-10H2,1-2H3. The van der Waals surface area contributed by atoms with Crippen LogP contribution in [0.2, 0.25) is 0 Å². The molecule has 1 saturated carbocycles. The van der Waals surface area contributed by atoms with Gasteiger partial charge in [-0.2, -0.15) is 0 Å². The van der Waals surface area contributed by atoms with Crippen LogP contribution >= 0.6 is 0 Å². The molecule has 2 N–H and O–H groups in total. The maximum Gasteiger partial charge on any atom is 0.128 e. The van der Waals surface area contributed by atoms with Gasteiger partial charge in [-0.1, -0.05) is 18.2 Å². The molecule has 1 fully saturated rings. The number of nitrogens with one attached hydrogen (secondary N) is 1. The second-order valence-electron chi connectivity index (χ2n) is 6.46. The molecule has 3 rings (SSSR count). The van der Waals surface area contributed by atoms with E-state index in [9.17, 15) is 5.11 Å². The highest BCUT2D eigenvalue weighted by molar-refractivity contribution is 5.47. The van der Waals surface area contributed by atoms with Crippen molar-refractivity contribution in [2.45, 2.75) is 44.8 Å². The lowest BCUT2D eigenvalue weighted by atomic mass is 9.98. The summed E-state index contributed by atoms with van der Waals surface area (Å²) in [5.41, 5.74) is 2.23. The Kier molecular flexibility index (Phi) is 3.27. The molecule has 0 radical (unpaired) electrons. The van der Waals surface area contributed by atoms with E-state index in [2.05, 4.69) is 37.4 Å². The fourth-order valence-electron chi connectivity index (χ4n) is 2.82. The maximum atomic E-state index is 9.66. The van der Waals surface area contributed by atoms with Crippen molar-refractivity contribution in [1.29, 1.82) is 0 Å². The van der Waals surface area contributed by atoms with Gasteiger partial charge in [0.25, 0.3) is 0 Å². The first-order valence-corrected chi connectivity index (χ1v) is 7.24. The number of hydrogen-bond acceptors (Lipinski definition) is 3. The highest BCUT2D eigenvalue weighted by Crippen LogP contribution is 2.40. The van der Waals surface area contributed by atoms with E-state index in [4.69, 9.17) is 4.74 Å². The van der Waals surface area contributed by atoms with Crippen LogP contribution < -0.4 is 10.1 Å². The molecule has 1 heterocycles. The first-order chi connectivity index (χ1) is 9.09. The Bertz CT molecular complexity index is 466. The number of aliphatic hydroxyl groups is 1. The molecule has 1 aromatic carbocycles. The van der Waals surface area contributed by atoms with Gasteiger partial charge in [-0.15, -0.1) is 0 Å². The van der Waals surface area contributed by atoms with Crippen molar-refractivity contribution in [3.63, 3.8) is 0 Å². The van der Waals surface area contributed by atoms with Gasteiger partial charge in [0, 0.05) is 12.0 Å². The summed E-state index contributed by atoms with van der Waals surface area (Å²) in [4.78, 5) is 0. The molecule has 3 heteroatoms. The monoisotopic (exact) mass is 261 g/mol. The number of fused-ring (bicyclic) bond motifs is 1. The van der Waals surface area contributed by atoms with Crippen molar-refractivity contribution in [2.24, 2.45) is 5.92 Å². The summed E-state index contributed by atoms with van der Waals surface area (Å²) in [6.07, 6.45) is 3.58. The van der Waals surface area contributed by atoms with Crippen LogP contribution in [0.1, 0.15) is 43.9 Å². The molecule has 0 bridgehead atoms. The topological polar surface area (TPSA) is 41.5 Å². The molecule has 104 valence electrons. The Morgan fingerprint density at radius 3 is 2.89 bits per heavy atom. The van der Waals surface area contributed by atoms with Crippen molar-refractivity contribution < 1.29 is 9.84 Å². The van der Waals surface area contributed by atoms with Gasteiger partial charge < -0.3 is 15.2 Å². The van der Waals surface area contributed by atoms with E-state index in [-0.39, 0.29) is 18.2 Å². The number of para-hydroxylation sites is 1. The van der Waals surface area contributed by atoms with E-state index in [0.717, 1.165) is 30.2 Å². The van der Waals surface area contributed by atoms with Gasteiger partial charge in [0.2, 0.25) is 0 Å². The van der Waals surface area contributed by atoms with Crippen molar-refractivity contribution in [1.82, 2.24) is 5.32 Å². The van der Waals surface area contributed by atoms with Crippen molar-refractivity contribution >= 4 is 0 Å². The summed E-state index contributed by atoms with van der Waals surface area (Å²) in [5.74, 6) is 1.79.